The monoisotopic (exact) mass is 478 g/mol. The van der Waals surface area contributed by atoms with E-state index in [1.54, 1.807) is 29.2 Å². The highest BCUT2D eigenvalue weighted by molar-refractivity contribution is 5.97. The summed E-state index contributed by atoms with van der Waals surface area (Å²) in [6, 6.07) is 10.4. The van der Waals surface area contributed by atoms with E-state index in [1.165, 1.54) is 22.9 Å². The molecule has 11 heteroatoms. The Labute approximate surface area is 199 Å². The molecule has 1 aliphatic heterocycles. The first kappa shape index (κ1) is 22.5. The van der Waals surface area contributed by atoms with Crippen molar-refractivity contribution in [1.82, 2.24) is 24.6 Å². The van der Waals surface area contributed by atoms with E-state index in [9.17, 15) is 13.6 Å². The van der Waals surface area contributed by atoms with Crippen molar-refractivity contribution in [2.75, 3.05) is 29.9 Å². The van der Waals surface area contributed by atoms with Crippen LogP contribution >= 0.6 is 0 Å². The Hall–Kier alpha value is -4.28. The summed E-state index contributed by atoms with van der Waals surface area (Å²) in [7, 11) is 0. The van der Waals surface area contributed by atoms with Gasteiger partial charge in [0.25, 0.3) is 0 Å². The van der Waals surface area contributed by atoms with Gasteiger partial charge in [-0.15, -0.1) is 0 Å². The fourth-order valence-corrected chi connectivity index (χ4v) is 4.30. The molecular weight excluding hydrogens is 454 g/mol. The third-order valence-corrected chi connectivity index (χ3v) is 6.12. The summed E-state index contributed by atoms with van der Waals surface area (Å²) in [5.74, 6) is -0.547. The molecule has 1 atom stereocenters. The zero-order valence-corrected chi connectivity index (χ0v) is 19.0. The number of para-hydroxylation sites is 1. The molecular formula is C24H24F2N8O. The second-order valence-electron chi connectivity index (χ2n) is 8.70. The summed E-state index contributed by atoms with van der Waals surface area (Å²) in [4.78, 5) is 22.9. The van der Waals surface area contributed by atoms with Gasteiger partial charge in [0.2, 0.25) is 0 Å². The molecule has 2 aromatic heterocycles. The molecule has 0 aliphatic carbocycles. The van der Waals surface area contributed by atoms with Crippen LogP contribution in [-0.2, 0) is 6.54 Å². The van der Waals surface area contributed by atoms with E-state index < -0.39 is 11.6 Å². The number of rotatable bonds is 4. The molecule has 5 N–H and O–H groups in total. The largest absolute Gasteiger partial charge is 0.382 e. The van der Waals surface area contributed by atoms with Gasteiger partial charge in [0.05, 0.1) is 6.54 Å². The number of amides is 2. The number of urea groups is 1. The lowest BCUT2D eigenvalue weighted by atomic mass is 10.2. The van der Waals surface area contributed by atoms with Crippen molar-refractivity contribution >= 4 is 34.3 Å². The van der Waals surface area contributed by atoms with E-state index in [0.29, 0.717) is 30.0 Å². The molecule has 0 radical (unpaired) electrons. The number of hydrogen-bond acceptors (Lipinski definition) is 6. The Morgan fingerprint density at radius 3 is 2.49 bits per heavy atom. The maximum atomic E-state index is 14.8. The number of carbonyl (C=O) groups is 1. The predicted molar refractivity (Wildman–Crippen MR) is 129 cm³/mol. The lowest BCUT2D eigenvalue weighted by molar-refractivity contribution is 0.221. The maximum Gasteiger partial charge on any atom is 0.322 e. The highest BCUT2D eigenvalue weighted by atomic mass is 19.1. The lowest BCUT2D eigenvalue weighted by Crippen LogP contribution is -2.33. The van der Waals surface area contributed by atoms with Gasteiger partial charge in [0.1, 0.15) is 28.5 Å². The van der Waals surface area contributed by atoms with Gasteiger partial charge in [0.15, 0.2) is 17.5 Å². The topological polar surface area (TPSA) is 128 Å². The summed E-state index contributed by atoms with van der Waals surface area (Å²) in [5, 5.41) is 7.59. The Balaban J connectivity index is 1.52. The van der Waals surface area contributed by atoms with Gasteiger partial charge >= 0.3 is 6.03 Å². The van der Waals surface area contributed by atoms with Crippen LogP contribution in [0.2, 0.25) is 0 Å². The smallest absolute Gasteiger partial charge is 0.322 e. The summed E-state index contributed by atoms with van der Waals surface area (Å²) in [6.45, 7) is 3.36. The third kappa shape index (κ3) is 4.20. The minimum atomic E-state index is -0.526. The maximum absolute atomic E-state index is 14.8. The zero-order chi connectivity index (χ0) is 24.7. The Kier molecular flexibility index (Phi) is 5.67. The zero-order valence-electron chi connectivity index (χ0n) is 19.0. The second kappa shape index (κ2) is 8.82. The van der Waals surface area contributed by atoms with E-state index in [1.807, 2.05) is 0 Å². The van der Waals surface area contributed by atoms with Crippen LogP contribution in [0, 0.1) is 17.6 Å². The average Bonchev–Trinajstić information content (AvgIpc) is 3.42. The predicted octanol–water partition coefficient (Wildman–Crippen LogP) is 3.86. The third-order valence-electron chi connectivity index (χ3n) is 6.12. The van der Waals surface area contributed by atoms with Crippen molar-refractivity contribution in [2.24, 2.45) is 5.92 Å². The van der Waals surface area contributed by atoms with Crippen LogP contribution in [0.4, 0.5) is 30.9 Å². The minimum absolute atomic E-state index is 0.00251. The van der Waals surface area contributed by atoms with Crippen LogP contribution < -0.4 is 16.8 Å². The minimum Gasteiger partial charge on any atom is -0.382 e. The molecule has 1 unspecified atom stereocenters. The number of hydrogen-bond donors (Lipinski definition) is 3. The first-order chi connectivity index (χ1) is 16.8. The Morgan fingerprint density at radius 2 is 1.80 bits per heavy atom. The molecule has 0 saturated carbocycles. The number of carbonyl (C=O) groups excluding carboxylic acids is 1. The molecule has 3 heterocycles. The number of likely N-dealkylation sites (tertiary alicyclic amines) is 1. The van der Waals surface area contributed by atoms with Crippen LogP contribution in [0.3, 0.4) is 0 Å². The van der Waals surface area contributed by atoms with Gasteiger partial charge in [-0.05, 0) is 24.5 Å². The van der Waals surface area contributed by atoms with Gasteiger partial charge in [-0.25, -0.2) is 23.5 Å². The van der Waals surface area contributed by atoms with E-state index in [2.05, 4.69) is 27.3 Å². The standard InChI is InChI=1S/C24H24F2N8O/c1-13-9-10-33(11-13)24(35)29-19-21(27)30-23(31-22(19)28)18-15-6-4-8-17(26)20(15)34(32-18)12-14-5-2-3-7-16(14)25/h2-8,13H,9-12H2,1H3,(H,29,35)(H4,27,28,30,31). The molecule has 5 rings (SSSR count). The number of aromatic nitrogens is 4. The van der Waals surface area contributed by atoms with Gasteiger partial charge in [-0.1, -0.05) is 37.3 Å². The molecule has 1 saturated heterocycles. The number of fused-ring (bicyclic) bond motifs is 1. The second-order valence-corrected chi connectivity index (χ2v) is 8.70. The molecule has 4 aromatic rings. The van der Waals surface area contributed by atoms with Crippen LogP contribution in [-0.4, -0.2) is 43.8 Å². The van der Waals surface area contributed by atoms with Gasteiger partial charge in [-0.2, -0.15) is 5.10 Å². The van der Waals surface area contributed by atoms with Crippen LogP contribution in [0.15, 0.2) is 42.5 Å². The molecule has 0 bridgehead atoms. The van der Waals surface area contributed by atoms with E-state index in [0.717, 1.165) is 6.42 Å². The highest BCUT2D eigenvalue weighted by Gasteiger charge is 2.26. The molecule has 180 valence electrons. The fourth-order valence-electron chi connectivity index (χ4n) is 4.30. The van der Waals surface area contributed by atoms with E-state index in [-0.39, 0.29) is 46.9 Å². The lowest BCUT2D eigenvalue weighted by Gasteiger charge is -2.18. The Bertz CT molecular complexity index is 1410. The highest BCUT2D eigenvalue weighted by Crippen LogP contribution is 2.32. The average molecular weight is 479 g/mol. The molecule has 2 aromatic carbocycles. The number of anilines is 3. The van der Waals surface area contributed by atoms with Crippen molar-refractivity contribution in [2.45, 2.75) is 19.9 Å². The van der Waals surface area contributed by atoms with Crippen molar-refractivity contribution in [3.8, 4) is 11.5 Å². The van der Waals surface area contributed by atoms with Crippen LogP contribution in [0.25, 0.3) is 22.4 Å². The SMILES string of the molecule is CC1CCN(C(=O)Nc2c(N)nc(-c3nn(Cc4ccccc4F)c4c(F)cccc34)nc2N)C1. The molecule has 2 amide bonds. The summed E-state index contributed by atoms with van der Waals surface area (Å²) < 4.78 is 30.4. The van der Waals surface area contributed by atoms with Crippen molar-refractivity contribution in [3.63, 3.8) is 0 Å². The number of nitrogens with zero attached hydrogens (tertiary/aromatic N) is 5. The van der Waals surface area contributed by atoms with Crippen molar-refractivity contribution in [1.29, 1.82) is 0 Å². The van der Waals surface area contributed by atoms with Gasteiger partial charge in [0, 0.05) is 24.0 Å². The summed E-state index contributed by atoms with van der Waals surface area (Å²) in [5.41, 5.74) is 13.1. The van der Waals surface area contributed by atoms with E-state index in [4.69, 9.17) is 11.5 Å². The number of benzene rings is 2. The van der Waals surface area contributed by atoms with E-state index >= 15 is 0 Å². The number of halogens is 2. The quantitative estimate of drug-likeness (QED) is 0.409. The van der Waals surface area contributed by atoms with Crippen molar-refractivity contribution < 1.29 is 13.6 Å². The first-order valence-electron chi connectivity index (χ1n) is 11.2. The van der Waals surface area contributed by atoms with Gasteiger partial charge < -0.3 is 21.7 Å². The molecule has 0 spiro atoms. The molecule has 9 nitrogen and oxygen atoms in total. The number of nitrogens with one attached hydrogen (secondary N) is 1. The first-order valence-corrected chi connectivity index (χ1v) is 11.2. The van der Waals surface area contributed by atoms with Crippen molar-refractivity contribution in [3.05, 3.63) is 59.7 Å². The van der Waals surface area contributed by atoms with Crippen LogP contribution in [0.1, 0.15) is 18.9 Å². The number of nitrogen functional groups attached to an aromatic ring is 2. The summed E-state index contributed by atoms with van der Waals surface area (Å²) in [6.07, 6.45) is 0.924. The van der Waals surface area contributed by atoms with Crippen LogP contribution in [0.5, 0.6) is 0 Å². The summed E-state index contributed by atoms with van der Waals surface area (Å²) >= 11 is 0. The molecule has 1 fully saturated rings. The Morgan fingerprint density at radius 1 is 1.09 bits per heavy atom. The molecule has 35 heavy (non-hydrogen) atoms. The normalized spacial score (nSPS) is 15.6. The molecule has 1 aliphatic rings. The number of nitrogens with two attached hydrogens (primary N) is 2. The van der Waals surface area contributed by atoms with Gasteiger partial charge in [-0.3, -0.25) is 4.68 Å². The fraction of sp³-hybridized carbons (Fsp3) is 0.250.